The molecular formula is C13H17N3O2. The normalized spacial score (nSPS) is 12.3. The Morgan fingerprint density at radius 1 is 1.50 bits per heavy atom. The van der Waals surface area contributed by atoms with E-state index in [0.29, 0.717) is 6.54 Å². The number of hydrogen-bond donors (Lipinski definition) is 3. The van der Waals surface area contributed by atoms with Crippen molar-refractivity contribution in [3.63, 3.8) is 0 Å². The number of nitrogens with one attached hydrogen (secondary N) is 2. The molecule has 0 bridgehead atoms. The molecule has 2 rings (SSSR count). The van der Waals surface area contributed by atoms with Crippen molar-refractivity contribution in [1.82, 2.24) is 15.5 Å². The molecular weight excluding hydrogens is 230 g/mol. The van der Waals surface area contributed by atoms with Gasteiger partial charge in [-0.05, 0) is 25.1 Å². The van der Waals surface area contributed by atoms with Crippen molar-refractivity contribution < 1.29 is 9.84 Å². The summed E-state index contributed by atoms with van der Waals surface area (Å²) < 4.78 is 5.16. The lowest BCUT2D eigenvalue weighted by atomic mass is 10.1. The summed E-state index contributed by atoms with van der Waals surface area (Å²) in [4.78, 5) is 0. The predicted octanol–water partition coefficient (Wildman–Crippen LogP) is 1.97. The monoisotopic (exact) mass is 247 g/mol. The molecule has 1 atom stereocenters. The first-order valence-corrected chi connectivity index (χ1v) is 5.78. The molecule has 0 spiro atoms. The summed E-state index contributed by atoms with van der Waals surface area (Å²) in [5, 5.41) is 19.8. The van der Waals surface area contributed by atoms with Crippen molar-refractivity contribution in [1.29, 1.82) is 0 Å². The standard InChI is InChI=1S/C13H17N3O2/c1-9(14-6-10-7-15-16-8-10)12-5-11(18-2)3-4-13(12)17/h3-5,7-9,14,17H,6H2,1-2H3,(H,15,16). The van der Waals surface area contributed by atoms with Crippen LogP contribution in [0.1, 0.15) is 24.1 Å². The van der Waals surface area contributed by atoms with E-state index in [1.807, 2.05) is 19.2 Å². The zero-order chi connectivity index (χ0) is 13.0. The van der Waals surface area contributed by atoms with Crippen LogP contribution in [0.5, 0.6) is 11.5 Å². The van der Waals surface area contributed by atoms with Gasteiger partial charge in [0.05, 0.1) is 13.3 Å². The number of nitrogens with zero attached hydrogens (tertiary/aromatic N) is 1. The molecule has 0 amide bonds. The zero-order valence-electron chi connectivity index (χ0n) is 10.5. The van der Waals surface area contributed by atoms with E-state index >= 15 is 0 Å². The summed E-state index contributed by atoms with van der Waals surface area (Å²) in [5.41, 5.74) is 1.89. The Bertz CT molecular complexity index is 497. The van der Waals surface area contributed by atoms with Gasteiger partial charge in [0.25, 0.3) is 0 Å². The van der Waals surface area contributed by atoms with Gasteiger partial charge in [0.15, 0.2) is 0 Å². The summed E-state index contributed by atoms with van der Waals surface area (Å²) in [6.45, 7) is 2.68. The van der Waals surface area contributed by atoms with Crippen LogP contribution in [0, 0.1) is 0 Å². The van der Waals surface area contributed by atoms with Crippen molar-refractivity contribution in [2.75, 3.05) is 7.11 Å². The van der Waals surface area contributed by atoms with Crippen LogP contribution < -0.4 is 10.1 Å². The van der Waals surface area contributed by atoms with Gasteiger partial charge in [-0.15, -0.1) is 0 Å². The quantitative estimate of drug-likeness (QED) is 0.755. The summed E-state index contributed by atoms with van der Waals surface area (Å²) in [6.07, 6.45) is 3.61. The van der Waals surface area contributed by atoms with Gasteiger partial charge in [0.1, 0.15) is 11.5 Å². The fourth-order valence-corrected chi connectivity index (χ4v) is 1.76. The van der Waals surface area contributed by atoms with Crippen molar-refractivity contribution in [3.8, 4) is 11.5 Å². The van der Waals surface area contributed by atoms with Gasteiger partial charge in [-0.1, -0.05) is 0 Å². The van der Waals surface area contributed by atoms with Crippen LogP contribution in [-0.4, -0.2) is 22.4 Å². The van der Waals surface area contributed by atoms with E-state index in [2.05, 4.69) is 15.5 Å². The third-order valence-corrected chi connectivity index (χ3v) is 2.87. The highest BCUT2D eigenvalue weighted by Crippen LogP contribution is 2.28. The maximum atomic E-state index is 9.84. The minimum absolute atomic E-state index is 0.0231. The molecule has 3 N–H and O–H groups in total. The van der Waals surface area contributed by atoms with Crippen LogP contribution in [0.4, 0.5) is 0 Å². The molecule has 1 aromatic carbocycles. The third kappa shape index (κ3) is 2.81. The van der Waals surface area contributed by atoms with E-state index in [1.54, 1.807) is 25.4 Å². The first-order valence-electron chi connectivity index (χ1n) is 5.78. The number of benzene rings is 1. The molecule has 96 valence electrons. The number of rotatable bonds is 5. The number of aromatic amines is 1. The number of aromatic nitrogens is 2. The van der Waals surface area contributed by atoms with E-state index in [4.69, 9.17) is 4.74 Å². The van der Waals surface area contributed by atoms with Crippen LogP contribution >= 0.6 is 0 Å². The Labute approximate surface area is 106 Å². The van der Waals surface area contributed by atoms with Gasteiger partial charge < -0.3 is 15.2 Å². The van der Waals surface area contributed by atoms with E-state index in [1.165, 1.54) is 0 Å². The topological polar surface area (TPSA) is 70.2 Å². The summed E-state index contributed by atoms with van der Waals surface area (Å²) >= 11 is 0. The first-order chi connectivity index (χ1) is 8.70. The maximum absolute atomic E-state index is 9.84. The average molecular weight is 247 g/mol. The number of phenols is 1. The number of hydrogen-bond acceptors (Lipinski definition) is 4. The van der Waals surface area contributed by atoms with Crippen molar-refractivity contribution in [3.05, 3.63) is 41.7 Å². The number of ether oxygens (including phenoxy) is 1. The van der Waals surface area contributed by atoms with E-state index in [9.17, 15) is 5.11 Å². The molecule has 0 aliphatic rings. The molecule has 0 aliphatic carbocycles. The van der Waals surface area contributed by atoms with Gasteiger partial charge in [-0.2, -0.15) is 5.10 Å². The maximum Gasteiger partial charge on any atom is 0.120 e. The fraction of sp³-hybridized carbons (Fsp3) is 0.308. The second kappa shape index (κ2) is 5.55. The minimum Gasteiger partial charge on any atom is -0.508 e. The van der Waals surface area contributed by atoms with Crippen molar-refractivity contribution in [2.45, 2.75) is 19.5 Å². The molecule has 0 fully saturated rings. The third-order valence-electron chi connectivity index (χ3n) is 2.87. The highest BCUT2D eigenvalue weighted by atomic mass is 16.5. The van der Waals surface area contributed by atoms with Gasteiger partial charge in [-0.3, -0.25) is 5.10 Å². The molecule has 5 nitrogen and oxygen atoms in total. The second-order valence-electron chi connectivity index (χ2n) is 4.13. The molecule has 18 heavy (non-hydrogen) atoms. The molecule has 0 radical (unpaired) electrons. The molecule has 2 aromatic rings. The highest BCUT2D eigenvalue weighted by molar-refractivity contribution is 5.41. The average Bonchev–Trinajstić information content (AvgIpc) is 2.89. The van der Waals surface area contributed by atoms with E-state index in [-0.39, 0.29) is 11.8 Å². The molecule has 5 heteroatoms. The minimum atomic E-state index is 0.0231. The lowest BCUT2D eigenvalue weighted by molar-refractivity contribution is 0.407. The smallest absolute Gasteiger partial charge is 0.120 e. The van der Waals surface area contributed by atoms with Crippen LogP contribution in [-0.2, 0) is 6.54 Å². The zero-order valence-corrected chi connectivity index (χ0v) is 10.5. The summed E-state index contributed by atoms with van der Waals surface area (Å²) in [5.74, 6) is 1.00. The second-order valence-corrected chi connectivity index (χ2v) is 4.13. The first kappa shape index (κ1) is 12.4. The highest BCUT2D eigenvalue weighted by Gasteiger charge is 2.11. The number of aromatic hydroxyl groups is 1. The van der Waals surface area contributed by atoms with E-state index in [0.717, 1.165) is 16.9 Å². The summed E-state index contributed by atoms with van der Waals surface area (Å²) in [7, 11) is 1.61. The number of H-pyrrole nitrogens is 1. The van der Waals surface area contributed by atoms with E-state index < -0.39 is 0 Å². The molecule has 1 heterocycles. The molecule has 1 aromatic heterocycles. The van der Waals surface area contributed by atoms with Crippen LogP contribution in [0.2, 0.25) is 0 Å². The van der Waals surface area contributed by atoms with Crippen LogP contribution in [0.25, 0.3) is 0 Å². The van der Waals surface area contributed by atoms with Crippen molar-refractivity contribution >= 4 is 0 Å². The summed E-state index contributed by atoms with van der Waals surface area (Å²) in [6, 6.07) is 5.24. The Kier molecular flexibility index (Phi) is 3.84. The lowest BCUT2D eigenvalue weighted by Gasteiger charge is -2.16. The van der Waals surface area contributed by atoms with Crippen LogP contribution in [0.15, 0.2) is 30.6 Å². The lowest BCUT2D eigenvalue weighted by Crippen LogP contribution is -2.17. The Morgan fingerprint density at radius 3 is 3.00 bits per heavy atom. The van der Waals surface area contributed by atoms with Gasteiger partial charge in [0.2, 0.25) is 0 Å². The van der Waals surface area contributed by atoms with Crippen molar-refractivity contribution in [2.24, 2.45) is 0 Å². The Morgan fingerprint density at radius 2 is 2.33 bits per heavy atom. The number of methoxy groups -OCH3 is 1. The molecule has 0 aliphatic heterocycles. The Hall–Kier alpha value is -2.01. The van der Waals surface area contributed by atoms with Gasteiger partial charge >= 0.3 is 0 Å². The number of phenolic OH excluding ortho intramolecular Hbond substituents is 1. The predicted molar refractivity (Wildman–Crippen MR) is 68.5 cm³/mol. The van der Waals surface area contributed by atoms with Gasteiger partial charge in [0, 0.05) is 29.9 Å². The molecule has 0 saturated heterocycles. The van der Waals surface area contributed by atoms with Crippen LogP contribution in [0.3, 0.4) is 0 Å². The largest absolute Gasteiger partial charge is 0.508 e. The van der Waals surface area contributed by atoms with Gasteiger partial charge in [-0.25, -0.2) is 0 Å². The fourth-order valence-electron chi connectivity index (χ4n) is 1.76. The SMILES string of the molecule is COc1ccc(O)c(C(C)NCc2cn[nH]c2)c1. The molecule has 1 unspecified atom stereocenters. The Balaban J connectivity index is 2.05. The molecule has 0 saturated carbocycles.